The number of aromatic nitrogens is 1. The van der Waals surface area contributed by atoms with Crippen LogP contribution in [-0.2, 0) is 0 Å². The van der Waals surface area contributed by atoms with E-state index < -0.39 is 11.7 Å². The molecule has 0 aliphatic rings. The monoisotopic (exact) mass is 378 g/mol. The number of rotatable bonds is 3. The number of amides is 1. The second-order valence-electron chi connectivity index (χ2n) is 5.43. The van der Waals surface area contributed by atoms with E-state index in [1.807, 2.05) is 0 Å². The number of carbonyl (C=O) groups is 1. The van der Waals surface area contributed by atoms with Crippen LogP contribution >= 0.6 is 23.2 Å². The summed E-state index contributed by atoms with van der Waals surface area (Å²) >= 11 is 12.2. The van der Waals surface area contributed by atoms with Crippen molar-refractivity contribution in [1.29, 1.82) is 0 Å². The van der Waals surface area contributed by atoms with Crippen LogP contribution in [0.4, 0.5) is 10.1 Å². The van der Waals surface area contributed by atoms with Crippen molar-refractivity contribution in [2.45, 2.75) is 13.8 Å². The van der Waals surface area contributed by atoms with E-state index >= 15 is 0 Å². The van der Waals surface area contributed by atoms with E-state index in [4.69, 9.17) is 27.7 Å². The van der Waals surface area contributed by atoms with Crippen molar-refractivity contribution in [3.63, 3.8) is 0 Å². The van der Waals surface area contributed by atoms with Gasteiger partial charge in [-0.3, -0.25) is 4.79 Å². The largest absolute Gasteiger partial charge is 0.360 e. The SMILES string of the molecule is Cc1onc(-c2c(F)cccc2Cl)c1C(=O)Nc1cccc(Cl)c1C. The minimum Gasteiger partial charge on any atom is -0.360 e. The van der Waals surface area contributed by atoms with Crippen LogP contribution in [0, 0.1) is 19.7 Å². The van der Waals surface area contributed by atoms with Gasteiger partial charge in [0.05, 0.1) is 10.6 Å². The highest BCUT2D eigenvalue weighted by molar-refractivity contribution is 6.33. The molecule has 4 nitrogen and oxygen atoms in total. The zero-order chi connectivity index (χ0) is 18.1. The van der Waals surface area contributed by atoms with Gasteiger partial charge in [-0.15, -0.1) is 0 Å². The maximum Gasteiger partial charge on any atom is 0.261 e. The van der Waals surface area contributed by atoms with Crippen LogP contribution in [0.1, 0.15) is 21.7 Å². The molecule has 0 saturated carbocycles. The Kier molecular flexibility index (Phi) is 4.79. The molecule has 1 aromatic heterocycles. The molecular formula is C18H13Cl2FN2O2. The topological polar surface area (TPSA) is 55.1 Å². The molecule has 0 unspecified atom stereocenters. The first-order chi connectivity index (χ1) is 11.9. The Balaban J connectivity index is 2.05. The molecule has 3 aromatic rings. The lowest BCUT2D eigenvalue weighted by Gasteiger charge is -2.10. The molecule has 128 valence electrons. The van der Waals surface area contributed by atoms with Crippen molar-refractivity contribution in [2.24, 2.45) is 0 Å². The fraction of sp³-hybridized carbons (Fsp3) is 0.111. The van der Waals surface area contributed by atoms with Crippen molar-refractivity contribution in [3.05, 3.63) is 69.1 Å². The van der Waals surface area contributed by atoms with E-state index in [1.165, 1.54) is 18.2 Å². The lowest BCUT2D eigenvalue weighted by Crippen LogP contribution is -2.14. The number of halogens is 3. The third-order valence-corrected chi connectivity index (χ3v) is 4.53. The molecule has 2 aromatic carbocycles. The summed E-state index contributed by atoms with van der Waals surface area (Å²) in [5, 5.41) is 7.24. The van der Waals surface area contributed by atoms with Crippen molar-refractivity contribution in [1.82, 2.24) is 5.16 Å². The first-order valence-corrected chi connectivity index (χ1v) is 8.13. The van der Waals surface area contributed by atoms with Gasteiger partial charge in [0.25, 0.3) is 5.91 Å². The highest BCUT2D eigenvalue weighted by atomic mass is 35.5. The summed E-state index contributed by atoms with van der Waals surface area (Å²) < 4.78 is 19.3. The molecule has 0 bridgehead atoms. The van der Waals surface area contributed by atoms with Crippen molar-refractivity contribution in [3.8, 4) is 11.3 Å². The summed E-state index contributed by atoms with van der Waals surface area (Å²) in [6, 6.07) is 9.41. The number of aryl methyl sites for hydroxylation is 1. The number of nitrogens with one attached hydrogen (secondary N) is 1. The highest BCUT2D eigenvalue weighted by Crippen LogP contribution is 2.34. The summed E-state index contributed by atoms with van der Waals surface area (Å²) in [5.41, 5.74) is 1.46. The van der Waals surface area contributed by atoms with Gasteiger partial charge in [0.2, 0.25) is 0 Å². The van der Waals surface area contributed by atoms with Gasteiger partial charge in [-0.1, -0.05) is 40.5 Å². The maximum absolute atomic E-state index is 14.2. The zero-order valence-corrected chi connectivity index (χ0v) is 14.9. The third kappa shape index (κ3) is 3.25. The Morgan fingerprint density at radius 3 is 2.52 bits per heavy atom. The molecule has 7 heteroatoms. The molecule has 0 saturated heterocycles. The second-order valence-corrected chi connectivity index (χ2v) is 6.24. The fourth-order valence-electron chi connectivity index (χ4n) is 2.46. The van der Waals surface area contributed by atoms with Gasteiger partial charge in [0.15, 0.2) is 0 Å². The lowest BCUT2D eigenvalue weighted by molar-refractivity contribution is 0.102. The molecule has 0 fully saturated rings. The number of anilines is 1. The van der Waals surface area contributed by atoms with Crippen LogP contribution in [0.25, 0.3) is 11.3 Å². The van der Waals surface area contributed by atoms with Crippen molar-refractivity contribution < 1.29 is 13.7 Å². The Morgan fingerprint density at radius 1 is 1.12 bits per heavy atom. The summed E-state index contributed by atoms with van der Waals surface area (Å²) in [6.07, 6.45) is 0. The second kappa shape index (κ2) is 6.86. The minimum absolute atomic E-state index is 0.0222. The molecule has 0 spiro atoms. The van der Waals surface area contributed by atoms with Crippen LogP contribution in [0.3, 0.4) is 0 Å². The molecule has 0 aliphatic heterocycles. The van der Waals surface area contributed by atoms with Gasteiger partial charge < -0.3 is 9.84 Å². The predicted molar refractivity (Wildman–Crippen MR) is 95.8 cm³/mol. The van der Waals surface area contributed by atoms with Gasteiger partial charge in [0, 0.05) is 10.7 Å². The van der Waals surface area contributed by atoms with Crippen molar-refractivity contribution in [2.75, 3.05) is 5.32 Å². The number of benzene rings is 2. The van der Waals surface area contributed by atoms with Gasteiger partial charge in [-0.2, -0.15) is 0 Å². The van der Waals surface area contributed by atoms with Crippen LogP contribution in [0.15, 0.2) is 40.9 Å². The maximum atomic E-state index is 14.2. The quantitative estimate of drug-likeness (QED) is 0.639. The number of nitrogens with zero attached hydrogens (tertiary/aromatic N) is 1. The summed E-state index contributed by atoms with van der Waals surface area (Å²) in [6.45, 7) is 3.36. The number of hydrogen-bond donors (Lipinski definition) is 1. The Morgan fingerprint density at radius 2 is 1.80 bits per heavy atom. The molecule has 0 radical (unpaired) electrons. The molecule has 25 heavy (non-hydrogen) atoms. The fourth-order valence-corrected chi connectivity index (χ4v) is 2.89. The number of hydrogen-bond acceptors (Lipinski definition) is 3. The van der Waals surface area contributed by atoms with E-state index in [2.05, 4.69) is 10.5 Å². The highest BCUT2D eigenvalue weighted by Gasteiger charge is 2.25. The molecule has 3 rings (SSSR count). The van der Waals surface area contributed by atoms with Gasteiger partial charge in [-0.25, -0.2) is 4.39 Å². The first-order valence-electron chi connectivity index (χ1n) is 7.37. The minimum atomic E-state index is -0.589. The summed E-state index contributed by atoms with van der Waals surface area (Å²) in [4.78, 5) is 12.8. The van der Waals surface area contributed by atoms with Crippen LogP contribution in [0.5, 0.6) is 0 Å². The molecule has 1 heterocycles. The standard InChI is InChI=1S/C18H13Cl2FN2O2/c1-9-11(19)5-4-8-14(9)22-18(24)15-10(2)25-23-17(15)16-12(20)6-3-7-13(16)21/h3-8H,1-2H3,(H,22,24). The van der Waals surface area contributed by atoms with Crippen LogP contribution in [0.2, 0.25) is 10.0 Å². The lowest BCUT2D eigenvalue weighted by atomic mass is 10.0. The smallest absolute Gasteiger partial charge is 0.261 e. The zero-order valence-electron chi connectivity index (χ0n) is 13.4. The van der Waals surface area contributed by atoms with Crippen LogP contribution in [-0.4, -0.2) is 11.1 Å². The predicted octanol–water partition coefficient (Wildman–Crippen LogP) is 5.66. The van der Waals surface area contributed by atoms with E-state index in [9.17, 15) is 9.18 Å². The first kappa shape index (κ1) is 17.5. The molecule has 1 N–H and O–H groups in total. The number of carbonyl (C=O) groups excluding carboxylic acids is 1. The van der Waals surface area contributed by atoms with E-state index in [0.29, 0.717) is 10.7 Å². The van der Waals surface area contributed by atoms with Gasteiger partial charge >= 0.3 is 0 Å². The Bertz CT molecular complexity index is 949. The molecule has 0 aliphatic carbocycles. The van der Waals surface area contributed by atoms with Crippen LogP contribution < -0.4 is 5.32 Å². The normalized spacial score (nSPS) is 10.8. The van der Waals surface area contributed by atoms with E-state index in [1.54, 1.807) is 32.0 Å². The summed E-state index contributed by atoms with van der Waals surface area (Å²) in [5.74, 6) is -0.821. The average Bonchev–Trinajstić information content (AvgIpc) is 2.93. The average molecular weight is 379 g/mol. The van der Waals surface area contributed by atoms with E-state index in [0.717, 1.165) is 5.56 Å². The van der Waals surface area contributed by atoms with E-state index in [-0.39, 0.29) is 27.6 Å². The molecule has 1 amide bonds. The van der Waals surface area contributed by atoms with Gasteiger partial charge in [0.1, 0.15) is 22.8 Å². The third-order valence-electron chi connectivity index (χ3n) is 3.81. The van der Waals surface area contributed by atoms with Gasteiger partial charge in [-0.05, 0) is 43.7 Å². The molecular weight excluding hydrogens is 366 g/mol. The van der Waals surface area contributed by atoms with Crippen molar-refractivity contribution >= 4 is 34.8 Å². The molecule has 0 atom stereocenters. The Labute approximate surface area is 153 Å². The Hall–Kier alpha value is -2.37. The summed E-state index contributed by atoms with van der Waals surface area (Å²) in [7, 11) is 0.